The highest BCUT2D eigenvalue weighted by Crippen LogP contribution is 2.43. The molecule has 0 atom stereocenters. The highest BCUT2D eigenvalue weighted by molar-refractivity contribution is 6.11. The first-order valence-corrected chi connectivity index (χ1v) is 13.8. The Morgan fingerprint density at radius 1 is 1.03 bits per heavy atom. The lowest BCUT2D eigenvalue weighted by atomic mass is 9.93. The number of benzene rings is 3. The molecule has 3 aromatic carbocycles. The number of hydrogen-bond acceptors (Lipinski definition) is 5. The van der Waals surface area contributed by atoms with Crippen LogP contribution in [0.3, 0.4) is 0 Å². The van der Waals surface area contributed by atoms with Crippen molar-refractivity contribution in [1.82, 2.24) is 20.1 Å². The Kier molecular flexibility index (Phi) is 5.79. The SMILES string of the molecule is Cn1cnnc1-c1cc(C#N)c(N2Cc3ccc(CNCC4CC4)cc3C2=O)cc1-c1cccc(C2CC2)c1. The summed E-state index contributed by atoms with van der Waals surface area (Å²) in [6.07, 6.45) is 6.73. The molecule has 2 saturated carbocycles. The molecule has 1 N–H and O–H groups in total. The number of nitrogens with one attached hydrogen (secondary N) is 1. The molecule has 1 amide bonds. The molecule has 1 aliphatic heterocycles. The minimum Gasteiger partial charge on any atom is -0.317 e. The van der Waals surface area contributed by atoms with E-state index in [0.29, 0.717) is 29.5 Å². The highest BCUT2D eigenvalue weighted by Gasteiger charge is 2.32. The quantitative estimate of drug-likeness (QED) is 0.333. The van der Waals surface area contributed by atoms with Crippen LogP contribution in [0.4, 0.5) is 5.69 Å². The zero-order valence-electron chi connectivity index (χ0n) is 22.0. The Morgan fingerprint density at radius 2 is 1.90 bits per heavy atom. The average Bonchev–Trinajstić information content (AvgIpc) is 3.89. The Labute approximate surface area is 228 Å². The number of aromatic nitrogens is 3. The molecule has 7 rings (SSSR count). The zero-order chi connectivity index (χ0) is 26.5. The van der Waals surface area contributed by atoms with Gasteiger partial charge in [0.1, 0.15) is 12.4 Å². The minimum absolute atomic E-state index is 0.0605. The van der Waals surface area contributed by atoms with Crippen LogP contribution in [0.25, 0.3) is 22.5 Å². The van der Waals surface area contributed by atoms with Crippen molar-refractivity contribution in [2.45, 2.75) is 44.7 Å². The lowest BCUT2D eigenvalue weighted by Crippen LogP contribution is -2.24. The van der Waals surface area contributed by atoms with Crippen LogP contribution in [0.15, 0.2) is 60.9 Å². The number of hydrogen-bond donors (Lipinski definition) is 1. The van der Waals surface area contributed by atoms with E-state index in [2.05, 4.69) is 58.0 Å². The molecular formula is C32H30N6O. The van der Waals surface area contributed by atoms with Crippen molar-refractivity contribution in [3.05, 3.63) is 88.7 Å². The molecule has 194 valence electrons. The fraction of sp³-hybridized carbons (Fsp3) is 0.312. The third-order valence-corrected chi connectivity index (χ3v) is 8.18. The summed E-state index contributed by atoms with van der Waals surface area (Å²) in [5.41, 5.74) is 8.05. The van der Waals surface area contributed by atoms with Gasteiger partial charge < -0.3 is 14.8 Å². The third-order valence-electron chi connectivity index (χ3n) is 8.18. The number of carbonyl (C=O) groups excluding carboxylic acids is 1. The fourth-order valence-corrected chi connectivity index (χ4v) is 5.62. The lowest BCUT2D eigenvalue weighted by Gasteiger charge is -2.21. The standard InChI is InChI=1S/C32H30N6O/c1-37-19-35-36-31(37)29-13-26(15-33)30(14-27(29)24-4-2-3-23(12-24)22-9-10-22)38-18-25-8-7-21(11-28(25)32(38)39)17-34-16-20-5-6-20/h2-4,7-8,11-14,19-20,22,34H,5-6,9-10,16-18H2,1H3. The number of anilines is 1. The number of aryl methyl sites for hydroxylation is 1. The van der Waals surface area contributed by atoms with Crippen molar-refractivity contribution < 1.29 is 4.79 Å². The summed E-state index contributed by atoms with van der Waals surface area (Å²) < 4.78 is 1.86. The van der Waals surface area contributed by atoms with Gasteiger partial charge in [-0.3, -0.25) is 4.79 Å². The van der Waals surface area contributed by atoms with Gasteiger partial charge in [0.25, 0.3) is 5.91 Å². The molecule has 0 bridgehead atoms. The van der Waals surface area contributed by atoms with E-state index in [-0.39, 0.29) is 5.91 Å². The van der Waals surface area contributed by atoms with E-state index in [0.717, 1.165) is 52.4 Å². The summed E-state index contributed by atoms with van der Waals surface area (Å²) in [4.78, 5) is 15.5. The third kappa shape index (κ3) is 4.51. The molecule has 0 spiro atoms. The first kappa shape index (κ1) is 23.8. The summed E-state index contributed by atoms with van der Waals surface area (Å²) in [5, 5.41) is 22.2. The molecule has 0 unspecified atom stereocenters. The van der Waals surface area contributed by atoms with E-state index in [1.54, 1.807) is 11.2 Å². The smallest absolute Gasteiger partial charge is 0.258 e. The van der Waals surface area contributed by atoms with E-state index in [9.17, 15) is 10.1 Å². The molecule has 4 aromatic rings. The van der Waals surface area contributed by atoms with Crippen LogP contribution in [0, 0.1) is 17.2 Å². The van der Waals surface area contributed by atoms with Gasteiger partial charge in [0.2, 0.25) is 0 Å². The van der Waals surface area contributed by atoms with Gasteiger partial charge in [0.15, 0.2) is 5.82 Å². The number of fused-ring (bicyclic) bond motifs is 1. The topological polar surface area (TPSA) is 86.8 Å². The normalized spacial score (nSPS) is 16.4. The largest absolute Gasteiger partial charge is 0.317 e. The Bertz CT molecular complexity index is 1640. The lowest BCUT2D eigenvalue weighted by molar-refractivity contribution is 0.0996. The van der Waals surface area contributed by atoms with Gasteiger partial charge in [-0.1, -0.05) is 36.4 Å². The molecule has 2 aliphatic carbocycles. The molecular weight excluding hydrogens is 484 g/mol. The zero-order valence-corrected chi connectivity index (χ0v) is 22.0. The summed E-state index contributed by atoms with van der Waals surface area (Å²) in [5.74, 6) is 2.05. The second-order valence-electron chi connectivity index (χ2n) is 11.1. The van der Waals surface area contributed by atoms with E-state index >= 15 is 0 Å². The number of amides is 1. The second-order valence-corrected chi connectivity index (χ2v) is 11.1. The van der Waals surface area contributed by atoms with Crippen LogP contribution >= 0.6 is 0 Å². The van der Waals surface area contributed by atoms with Crippen LogP contribution in [0.5, 0.6) is 0 Å². The van der Waals surface area contributed by atoms with Gasteiger partial charge in [0.05, 0.1) is 17.8 Å². The maximum atomic E-state index is 13.7. The van der Waals surface area contributed by atoms with Crippen molar-refractivity contribution in [2.24, 2.45) is 13.0 Å². The Hall–Kier alpha value is -4.28. The highest BCUT2D eigenvalue weighted by atomic mass is 16.2. The first-order valence-electron chi connectivity index (χ1n) is 13.8. The molecule has 0 saturated heterocycles. The van der Waals surface area contributed by atoms with Crippen LogP contribution in [-0.4, -0.2) is 27.2 Å². The van der Waals surface area contributed by atoms with Gasteiger partial charge in [0, 0.05) is 24.7 Å². The number of carbonyl (C=O) groups is 1. The molecule has 1 aromatic heterocycles. The number of rotatable bonds is 8. The first-order chi connectivity index (χ1) is 19.1. The second kappa shape index (κ2) is 9.48. The fourth-order valence-electron chi connectivity index (χ4n) is 5.62. The molecule has 39 heavy (non-hydrogen) atoms. The molecule has 7 heteroatoms. The molecule has 7 nitrogen and oxygen atoms in total. The van der Waals surface area contributed by atoms with Gasteiger partial charge in [-0.05, 0) is 90.1 Å². The summed E-state index contributed by atoms with van der Waals surface area (Å²) >= 11 is 0. The monoisotopic (exact) mass is 514 g/mol. The van der Waals surface area contributed by atoms with E-state index in [1.807, 2.05) is 29.8 Å². The minimum atomic E-state index is -0.0605. The molecule has 0 radical (unpaired) electrons. The van der Waals surface area contributed by atoms with E-state index in [1.165, 1.54) is 31.2 Å². The summed E-state index contributed by atoms with van der Waals surface area (Å²) in [7, 11) is 1.90. The molecule has 2 fully saturated rings. The molecule has 2 heterocycles. The van der Waals surface area contributed by atoms with Crippen molar-refractivity contribution in [2.75, 3.05) is 11.4 Å². The predicted molar refractivity (Wildman–Crippen MR) is 150 cm³/mol. The van der Waals surface area contributed by atoms with Gasteiger partial charge in [-0.25, -0.2) is 0 Å². The van der Waals surface area contributed by atoms with Crippen LogP contribution < -0.4 is 10.2 Å². The maximum absolute atomic E-state index is 13.7. The van der Waals surface area contributed by atoms with Crippen molar-refractivity contribution in [1.29, 1.82) is 5.26 Å². The Morgan fingerprint density at radius 3 is 2.64 bits per heavy atom. The summed E-state index contributed by atoms with van der Waals surface area (Å²) in [6.45, 7) is 2.24. The maximum Gasteiger partial charge on any atom is 0.258 e. The van der Waals surface area contributed by atoms with E-state index < -0.39 is 0 Å². The van der Waals surface area contributed by atoms with Crippen LogP contribution in [-0.2, 0) is 20.1 Å². The van der Waals surface area contributed by atoms with Gasteiger partial charge >= 0.3 is 0 Å². The number of nitrogens with zero attached hydrogens (tertiary/aromatic N) is 5. The molecule has 3 aliphatic rings. The Balaban J connectivity index is 1.28. The predicted octanol–water partition coefficient (Wildman–Crippen LogP) is 5.56. The van der Waals surface area contributed by atoms with Gasteiger partial charge in [-0.15, -0.1) is 10.2 Å². The average molecular weight is 515 g/mol. The van der Waals surface area contributed by atoms with Crippen molar-refractivity contribution in [3.63, 3.8) is 0 Å². The van der Waals surface area contributed by atoms with E-state index in [4.69, 9.17) is 0 Å². The van der Waals surface area contributed by atoms with Crippen molar-refractivity contribution >= 4 is 11.6 Å². The summed E-state index contributed by atoms with van der Waals surface area (Å²) in [6, 6.07) is 21.0. The van der Waals surface area contributed by atoms with Crippen LogP contribution in [0.1, 0.15) is 64.2 Å². The van der Waals surface area contributed by atoms with Crippen molar-refractivity contribution in [3.8, 4) is 28.6 Å². The number of nitriles is 1. The van der Waals surface area contributed by atoms with Crippen LogP contribution in [0.2, 0.25) is 0 Å². The van der Waals surface area contributed by atoms with Gasteiger partial charge in [-0.2, -0.15) is 5.26 Å².